The molecule has 2 aliphatic carbocycles. The number of nitrogens with zero attached hydrogens (tertiary/aromatic N) is 2. The molecular weight excluding hydrogens is 258 g/mol. The molecule has 0 aliphatic heterocycles. The zero-order chi connectivity index (χ0) is 15.1. The molecule has 0 spiro atoms. The largest absolute Gasteiger partial charge is 0.299 e. The Morgan fingerprint density at radius 2 is 1.43 bits per heavy atom. The second-order valence-corrected chi connectivity index (χ2v) is 7.28. The van der Waals surface area contributed by atoms with Gasteiger partial charge >= 0.3 is 0 Å². The van der Waals surface area contributed by atoms with Crippen LogP contribution in [0.15, 0.2) is 0 Å². The summed E-state index contributed by atoms with van der Waals surface area (Å²) in [6.07, 6.45) is 13.7. The van der Waals surface area contributed by atoms with Gasteiger partial charge in [0.1, 0.15) is 6.04 Å². The number of hydrogen-bond acceptors (Lipinski definition) is 3. The highest BCUT2D eigenvalue weighted by molar-refractivity contribution is 4.96. The molecule has 2 fully saturated rings. The molecule has 0 aromatic carbocycles. The zero-order valence-corrected chi connectivity index (χ0v) is 14.0. The molecule has 2 rings (SSSR count). The quantitative estimate of drug-likeness (QED) is 0.808. The van der Waals surface area contributed by atoms with Crippen LogP contribution >= 0.6 is 0 Å². The van der Waals surface area contributed by atoms with E-state index in [1.807, 2.05) is 0 Å². The van der Waals surface area contributed by atoms with Gasteiger partial charge in [0.15, 0.2) is 0 Å². The highest BCUT2D eigenvalue weighted by Gasteiger charge is 2.30. The molecule has 0 aromatic rings. The van der Waals surface area contributed by atoms with Gasteiger partial charge in [-0.25, -0.2) is 0 Å². The predicted molar refractivity (Wildman–Crippen MR) is 88.1 cm³/mol. The van der Waals surface area contributed by atoms with E-state index in [1.165, 1.54) is 64.2 Å². The fourth-order valence-corrected chi connectivity index (χ4v) is 4.17. The lowest BCUT2D eigenvalue weighted by molar-refractivity contribution is 0.0750. The van der Waals surface area contributed by atoms with Crippen molar-refractivity contribution in [3.05, 3.63) is 0 Å². The first kappa shape index (κ1) is 16.8. The smallest absolute Gasteiger partial charge is 0.108 e. The monoisotopic (exact) mass is 291 g/mol. The van der Waals surface area contributed by atoms with E-state index in [-0.39, 0.29) is 6.04 Å². The molecule has 120 valence electrons. The maximum atomic E-state index is 9.48. The number of nitrogens with one attached hydrogen (secondary N) is 1. The van der Waals surface area contributed by atoms with Gasteiger partial charge in [-0.1, -0.05) is 38.5 Å². The first-order chi connectivity index (χ1) is 10.2. The number of rotatable bonds is 6. The summed E-state index contributed by atoms with van der Waals surface area (Å²) in [7, 11) is 0. The third-order valence-corrected chi connectivity index (χ3v) is 5.17. The summed E-state index contributed by atoms with van der Waals surface area (Å²) in [4.78, 5) is 2.72. The highest BCUT2D eigenvalue weighted by Crippen LogP contribution is 2.30. The van der Waals surface area contributed by atoms with Gasteiger partial charge in [-0.2, -0.15) is 5.26 Å². The van der Waals surface area contributed by atoms with Crippen LogP contribution in [0.25, 0.3) is 0 Å². The van der Waals surface area contributed by atoms with Crippen LogP contribution in [-0.2, 0) is 0 Å². The van der Waals surface area contributed by atoms with Gasteiger partial charge in [0.2, 0.25) is 0 Å². The Kier molecular flexibility index (Phi) is 6.99. The van der Waals surface area contributed by atoms with Crippen LogP contribution in [0.3, 0.4) is 0 Å². The van der Waals surface area contributed by atoms with Crippen LogP contribution in [0.4, 0.5) is 0 Å². The number of nitriles is 1. The van der Waals surface area contributed by atoms with Crippen molar-refractivity contribution >= 4 is 0 Å². The highest BCUT2D eigenvalue weighted by atomic mass is 15.2. The molecular formula is C18H33N3. The molecule has 0 aromatic heterocycles. The van der Waals surface area contributed by atoms with E-state index >= 15 is 0 Å². The first-order valence-electron chi connectivity index (χ1n) is 9.12. The maximum absolute atomic E-state index is 9.48. The fraction of sp³-hybridized carbons (Fsp3) is 0.944. The van der Waals surface area contributed by atoms with Gasteiger partial charge < -0.3 is 0 Å². The summed E-state index contributed by atoms with van der Waals surface area (Å²) in [6.45, 7) is 5.19. The van der Waals surface area contributed by atoms with Crippen LogP contribution in [0.5, 0.6) is 0 Å². The molecule has 0 saturated heterocycles. The summed E-state index contributed by atoms with van der Waals surface area (Å²) in [5.74, 6) is 0. The Labute approximate surface area is 131 Å². The molecule has 3 heteroatoms. The summed E-state index contributed by atoms with van der Waals surface area (Å²) in [5.41, 5.74) is 0. The van der Waals surface area contributed by atoms with Gasteiger partial charge in [-0.3, -0.25) is 10.2 Å². The molecule has 0 amide bonds. The zero-order valence-electron chi connectivity index (χ0n) is 14.0. The molecule has 2 saturated carbocycles. The topological polar surface area (TPSA) is 39.1 Å². The molecule has 3 nitrogen and oxygen atoms in total. The standard InChI is InChI=1S/C18H33N3/c1-15(2)20-16(13-19)14-21(17-9-5-3-6-10-17)18-11-7-4-8-12-18/h15-18,20H,3-12,14H2,1-2H3. The minimum Gasteiger partial charge on any atom is -0.299 e. The minimum absolute atomic E-state index is 0.0196. The predicted octanol–water partition coefficient (Wildman–Crippen LogP) is 3.84. The van der Waals surface area contributed by atoms with Gasteiger partial charge in [-0.05, 0) is 39.5 Å². The van der Waals surface area contributed by atoms with Crippen molar-refractivity contribution in [3.63, 3.8) is 0 Å². The molecule has 1 atom stereocenters. The molecule has 2 aliphatic rings. The van der Waals surface area contributed by atoms with E-state index in [0.29, 0.717) is 6.04 Å². The van der Waals surface area contributed by atoms with Crippen LogP contribution in [0, 0.1) is 11.3 Å². The van der Waals surface area contributed by atoms with Crippen molar-refractivity contribution in [1.82, 2.24) is 10.2 Å². The summed E-state index contributed by atoms with van der Waals surface area (Å²) < 4.78 is 0. The van der Waals surface area contributed by atoms with Crippen LogP contribution in [-0.4, -0.2) is 35.6 Å². The van der Waals surface area contributed by atoms with Crippen molar-refractivity contribution in [3.8, 4) is 6.07 Å². The fourth-order valence-electron chi connectivity index (χ4n) is 4.17. The van der Waals surface area contributed by atoms with Gasteiger partial charge in [0, 0.05) is 24.7 Å². The average molecular weight is 291 g/mol. The molecule has 21 heavy (non-hydrogen) atoms. The van der Waals surface area contributed by atoms with E-state index in [0.717, 1.165) is 18.6 Å². The first-order valence-corrected chi connectivity index (χ1v) is 9.12. The Morgan fingerprint density at radius 1 is 0.952 bits per heavy atom. The van der Waals surface area contributed by atoms with Gasteiger partial charge in [0.25, 0.3) is 0 Å². The van der Waals surface area contributed by atoms with E-state index in [2.05, 4.69) is 30.1 Å². The van der Waals surface area contributed by atoms with E-state index in [4.69, 9.17) is 0 Å². The van der Waals surface area contributed by atoms with Crippen LogP contribution in [0.2, 0.25) is 0 Å². The van der Waals surface area contributed by atoms with Crippen molar-refractivity contribution < 1.29 is 0 Å². The van der Waals surface area contributed by atoms with Crippen molar-refractivity contribution in [2.24, 2.45) is 0 Å². The normalized spacial score (nSPS) is 23.4. The minimum atomic E-state index is -0.0196. The summed E-state index contributed by atoms with van der Waals surface area (Å²) in [5, 5.41) is 12.9. The third-order valence-electron chi connectivity index (χ3n) is 5.17. The van der Waals surface area contributed by atoms with Crippen molar-refractivity contribution in [1.29, 1.82) is 5.26 Å². The lowest BCUT2D eigenvalue weighted by atomic mass is 9.88. The second-order valence-electron chi connectivity index (χ2n) is 7.28. The summed E-state index contributed by atoms with van der Waals surface area (Å²) in [6, 6.07) is 4.31. The van der Waals surface area contributed by atoms with Crippen LogP contribution in [0.1, 0.15) is 78.1 Å². The Bertz CT molecular complexity index is 304. The maximum Gasteiger partial charge on any atom is 0.108 e. The average Bonchev–Trinajstić information content (AvgIpc) is 2.52. The Morgan fingerprint density at radius 3 is 1.81 bits per heavy atom. The van der Waals surface area contributed by atoms with Crippen LogP contribution < -0.4 is 5.32 Å². The lowest BCUT2D eigenvalue weighted by Gasteiger charge is -2.42. The Balaban J connectivity index is 2.01. The van der Waals surface area contributed by atoms with Crippen molar-refractivity contribution in [2.45, 2.75) is 102 Å². The van der Waals surface area contributed by atoms with Gasteiger partial charge in [-0.15, -0.1) is 0 Å². The lowest BCUT2D eigenvalue weighted by Crippen LogP contribution is -2.51. The van der Waals surface area contributed by atoms with E-state index < -0.39 is 0 Å². The SMILES string of the molecule is CC(C)NC(C#N)CN(C1CCCCC1)C1CCCCC1. The molecule has 0 radical (unpaired) electrons. The van der Waals surface area contributed by atoms with E-state index in [9.17, 15) is 5.26 Å². The van der Waals surface area contributed by atoms with E-state index in [1.54, 1.807) is 0 Å². The Hall–Kier alpha value is -0.590. The third kappa shape index (κ3) is 5.27. The molecule has 1 unspecified atom stereocenters. The second kappa shape index (κ2) is 8.76. The number of hydrogen-bond donors (Lipinski definition) is 1. The van der Waals surface area contributed by atoms with Gasteiger partial charge in [0.05, 0.1) is 6.07 Å². The molecule has 0 bridgehead atoms. The molecule has 1 N–H and O–H groups in total. The summed E-state index contributed by atoms with van der Waals surface area (Å²) >= 11 is 0. The van der Waals surface area contributed by atoms with Crippen molar-refractivity contribution in [2.75, 3.05) is 6.54 Å². The molecule has 0 heterocycles.